The Bertz CT molecular complexity index is 247. The van der Waals surface area contributed by atoms with Crippen molar-refractivity contribution in [2.45, 2.75) is 51.6 Å². The first-order valence-corrected chi connectivity index (χ1v) is 7.18. The largest absolute Gasteiger partial charge is 0.339 e. The van der Waals surface area contributed by atoms with Crippen LogP contribution in [0.2, 0.25) is 0 Å². The fourth-order valence-electron chi connectivity index (χ4n) is 2.38. The summed E-state index contributed by atoms with van der Waals surface area (Å²) < 4.78 is 0. The van der Waals surface area contributed by atoms with Crippen molar-refractivity contribution in [3.05, 3.63) is 0 Å². The molecule has 1 fully saturated rings. The lowest BCUT2D eigenvalue weighted by atomic mass is 10.0. The van der Waals surface area contributed by atoms with E-state index in [1.807, 2.05) is 19.0 Å². The van der Waals surface area contributed by atoms with Gasteiger partial charge in [0.25, 0.3) is 0 Å². The number of nitrogens with zero attached hydrogens (tertiary/aromatic N) is 2. The molecule has 1 aliphatic heterocycles. The van der Waals surface area contributed by atoms with Crippen LogP contribution in [0.1, 0.15) is 39.5 Å². The van der Waals surface area contributed by atoms with Crippen LogP contribution in [0.25, 0.3) is 0 Å². The Hall–Kier alpha value is -0.610. The van der Waals surface area contributed by atoms with Gasteiger partial charge < -0.3 is 15.1 Å². The molecular weight excluding hydrogens is 226 g/mol. The van der Waals surface area contributed by atoms with Gasteiger partial charge in [-0.1, -0.05) is 6.42 Å². The molecule has 1 saturated heterocycles. The molecule has 1 unspecified atom stereocenters. The van der Waals surface area contributed by atoms with Crippen molar-refractivity contribution in [2.75, 3.05) is 33.7 Å². The van der Waals surface area contributed by atoms with Gasteiger partial charge in [-0.25, -0.2) is 0 Å². The average Bonchev–Trinajstić information content (AvgIpc) is 2.34. The van der Waals surface area contributed by atoms with E-state index in [9.17, 15) is 4.79 Å². The van der Waals surface area contributed by atoms with Crippen molar-refractivity contribution in [2.24, 2.45) is 0 Å². The van der Waals surface area contributed by atoms with E-state index in [1.165, 1.54) is 19.3 Å². The molecule has 1 aliphatic rings. The highest BCUT2D eigenvalue weighted by Gasteiger charge is 2.22. The third kappa shape index (κ3) is 5.36. The topological polar surface area (TPSA) is 35.6 Å². The van der Waals surface area contributed by atoms with Gasteiger partial charge in [0.1, 0.15) is 0 Å². The maximum atomic E-state index is 12.2. The van der Waals surface area contributed by atoms with E-state index in [2.05, 4.69) is 24.1 Å². The monoisotopic (exact) mass is 255 g/mol. The number of hydrogen-bond donors (Lipinski definition) is 1. The van der Waals surface area contributed by atoms with Crippen molar-refractivity contribution in [3.63, 3.8) is 0 Å². The van der Waals surface area contributed by atoms with Crippen LogP contribution in [0.3, 0.4) is 0 Å². The number of piperidine rings is 1. The minimum Gasteiger partial charge on any atom is -0.339 e. The van der Waals surface area contributed by atoms with Crippen molar-refractivity contribution in [1.29, 1.82) is 0 Å². The molecule has 0 aliphatic carbocycles. The molecule has 0 saturated carbocycles. The third-order valence-electron chi connectivity index (χ3n) is 3.55. The second kappa shape index (κ2) is 7.74. The summed E-state index contributed by atoms with van der Waals surface area (Å²) in [5.41, 5.74) is 0. The van der Waals surface area contributed by atoms with Gasteiger partial charge in [-0.15, -0.1) is 0 Å². The zero-order valence-electron chi connectivity index (χ0n) is 12.4. The smallest absolute Gasteiger partial charge is 0.224 e. The quantitative estimate of drug-likeness (QED) is 0.777. The average molecular weight is 255 g/mol. The summed E-state index contributed by atoms with van der Waals surface area (Å²) in [4.78, 5) is 16.3. The third-order valence-corrected chi connectivity index (χ3v) is 3.55. The van der Waals surface area contributed by atoms with Crippen LogP contribution in [0, 0.1) is 0 Å². The minimum atomic E-state index is 0.283. The molecule has 4 heteroatoms. The highest BCUT2D eigenvalue weighted by atomic mass is 16.2. The van der Waals surface area contributed by atoms with Gasteiger partial charge in [0, 0.05) is 31.6 Å². The van der Waals surface area contributed by atoms with E-state index in [0.717, 1.165) is 19.6 Å². The van der Waals surface area contributed by atoms with Crippen LogP contribution < -0.4 is 5.32 Å². The molecule has 0 bridgehead atoms. The summed E-state index contributed by atoms with van der Waals surface area (Å²) in [6.07, 6.45) is 4.38. The summed E-state index contributed by atoms with van der Waals surface area (Å²) in [5.74, 6) is 0.283. The molecule has 0 aromatic heterocycles. The van der Waals surface area contributed by atoms with Crippen molar-refractivity contribution in [3.8, 4) is 0 Å². The summed E-state index contributed by atoms with van der Waals surface area (Å²) in [6.45, 7) is 7.01. The number of carbonyl (C=O) groups is 1. The zero-order chi connectivity index (χ0) is 13.5. The number of hydrogen-bond acceptors (Lipinski definition) is 3. The molecule has 0 aromatic rings. The minimum absolute atomic E-state index is 0.283. The number of amides is 1. The first-order valence-electron chi connectivity index (χ1n) is 7.18. The van der Waals surface area contributed by atoms with Gasteiger partial charge in [-0.2, -0.15) is 0 Å². The van der Waals surface area contributed by atoms with E-state index in [0.29, 0.717) is 18.5 Å². The van der Waals surface area contributed by atoms with Gasteiger partial charge in [0.2, 0.25) is 5.91 Å². The van der Waals surface area contributed by atoms with Crippen molar-refractivity contribution < 1.29 is 4.79 Å². The van der Waals surface area contributed by atoms with E-state index >= 15 is 0 Å². The van der Waals surface area contributed by atoms with E-state index in [1.54, 1.807) is 0 Å². The fourth-order valence-corrected chi connectivity index (χ4v) is 2.38. The van der Waals surface area contributed by atoms with E-state index in [-0.39, 0.29) is 5.91 Å². The zero-order valence-corrected chi connectivity index (χ0v) is 12.4. The van der Waals surface area contributed by atoms with E-state index < -0.39 is 0 Å². The molecule has 18 heavy (non-hydrogen) atoms. The van der Waals surface area contributed by atoms with Crippen molar-refractivity contribution in [1.82, 2.24) is 15.1 Å². The molecule has 0 radical (unpaired) electrons. The predicted molar refractivity (Wildman–Crippen MR) is 75.7 cm³/mol. The molecule has 1 heterocycles. The Morgan fingerprint density at radius 1 is 1.33 bits per heavy atom. The SMILES string of the molecule is CC(C)N(CC1CCCCN1)C(=O)CCN(C)C. The summed E-state index contributed by atoms with van der Waals surface area (Å²) in [7, 11) is 4.02. The predicted octanol–water partition coefficient (Wildman–Crippen LogP) is 1.32. The lowest BCUT2D eigenvalue weighted by Gasteiger charge is -2.33. The second-order valence-electron chi connectivity index (χ2n) is 5.84. The van der Waals surface area contributed by atoms with Crippen LogP contribution in [-0.2, 0) is 4.79 Å². The molecule has 1 amide bonds. The fraction of sp³-hybridized carbons (Fsp3) is 0.929. The maximum Gasteiger partial charge on any atom is 0.224 e. The van der Waals surface area contributed by atoms with Crippen LogP contribution in [0.15, 0.2) is 0 Å². The first-order chi connectivity index (χ1) is 8.50. The highest BCUT2D eigenvalue weighted by Crippen LogP contribution is 2.11. The molecule has 1 N–H and O–H groups in total. The lowest BCUT2D eigenvalue weighted by Crippen LogP contribution is -2.48. The van der Waals surface area contributed by atoms with Gasteiger partial charge in [0.15, 0.2) is 0 Å². The first kappa shape index (κ1) is 15.4. The standard InChI is InChI=1S/C14H29N3O/c1-12(2)17(14(18)8-10-16(3)4)11-13-7-5-6-9-15-13/h12-13,15H,5-11H2,1-4H3. The Balaban J connectivity index is 2.44. The number of nitrogens with one attached hydrogen (secondary N) is 1. The Morgan fingerprint density at radius 3 is 2.56 bits per heavy atom. The van der Waals surface area contributed by atoms with Gasteiger partial charge in [-0.3, -0.25) is 4.79 Å². The molecule has 1 atom stereocenters. The molecule has 4 nitrogen and oxygen atoms in total. The van der Waals surface area contributed by atoms with Gasteiger partial charge >= 0.3 is 0 Å². The Morgan fingerprint density at radius 2 is 2.06 bits per heavy atom. The Labute approximate surface area is 112 Å². The number of rotatable bonds is 6. The maximum absolute atomic E-state index is 12.2. The van der Waals surface area contributed by atoms with Crippen LogP contribution in [0.5, 0.6) is 0 Å². The normalized spacial score (nSPS) is 20.4. The highest BCUT2D eigenvalue weighted by molar-refractivity contribution is 5.76. The van der Waals surface area contributed by atoms with Crippen molar-refractivity contribution >= 4 is 5.91 Å². The van der Waals surface area contributed by atoms with Crippen LogP contribution in [0.4, 0.5) is 0 Å². The Kier molecular flexibility index (Phi) is 6.65. The van der Waals surface area contributed by atoms with Gasteiger partial charge in [-0.05, 0) is 47.3 Å². The summed E-state index contributed by atoms with van der Waals surface area (Å²) >= 11 is 0. The summed E-state index contributed by atoms with van der Waals surface area (Å²) in [5, 5.41) is 3.52. The molecule has 106 valence electrons. The molecule has 0 spiro atoms. The van der Waals surface area contributed by atoms with Crippen LogP contribution in [-0.4, -0.2) is 61.5 Å². The van der Waals surface area contributed by atoms with Gasteiger partial charge in [0.05, 0.1) is 0 Å². The van der Waals surface area contributed by atoms with E-state index in [4.69, 9.17) is 0 Å². The molecular formula is C14H29N3O. The summed E-state index contributed by atoms with van der Waals surface area (Å²) in [6, 6.07) is 0.785. The lowest BCUT2D eigenvalue weighted by molar-refractivity contribution is -0.133. The van der Waals surface area contributed by atoms with Crippen LogP contribution >= 0.6 is 0 Å². The second-order valence-corrected chi connectivity index (χ2v) is 5.84. The number of carbonyl (C=O) groups excluding carboxylic acids is 1. The molecule has 1 rings (SSSR count). The molecule has 0 aromatic carbocycles.